The van der Waals surface area contributed by atoms with Gasteiger partial charge in [0.25, 0.3) is 0 Å². The van der Waals surface area contributed by atoms with Gasteiger partial charge in [-0.25, -0.2) is 0 Å². The topological polar surface area (TPSA) is 20.2 Å². The molecule has 0 aliphatic rings. The average Bonchev–Trinajstić information content (AvgIpc) is 2.71. The van der Waals surface area contributed by atoms with Gasteiger partial charge in [0.15, 0.2) is 0 Å². The molecule has 0 unspecified atom stereocenters. The minimum atomic E-state index is 0.0971. The highest BCUT2D eigenvalue weighted by atomic mass is 127. The summed E-state index contributed by atoms with van der Waals surface area (Å²) in [6.07, 6.45) is 14.5. The van der Waals surface area contributed by atoms with Crippen molar-refractivity contribution in [3.05, 3.63) is 53.6 Å². The van der Waals surface area contributed by atoms with Crippen molar-refractivity contribution in [3.63, 3.8) is 0 Å². The SMILES string of the molecule is CCCCCCCCCCc1ccc(-c2ccc(O)cc2CCC[SiH2]I)cc1. The first-order valence-electron chi connectivity index (χ1n) is 11.2. The van der Waals surface area contributed by atoms with E-state index in [1.54, 1.807) is 0 Å². The molecule has 0 spiro atoms. The van der Waals surface area contributed by atoms with Crippen molar-refractivity contribution in [1.82, 2.24) is 0 Å². The van der Waals surface area contributed by atoms with Crippen LogP contribution < -0.4 is 0 Å². The van der Waals surface area contributed by atoms with E-state index in [0.29, 0.717) is 5.75 Å². The van der Waals surface area contributed by atoms with Gasteiger partial charge in [0.1, 0.15) is 5.75 Å². The van der Waals surface area contributed by atoms with Gasteiger partial charge in [0.2, 0.25) is 0 Å². The van der Waals surface area contributed by atoms with E-state index in [1.807, 2.05) is 12.1 Å². The van der Waals surface area contributed by atoms with Crippen LogP contribution in [0.3, 0.4) is 0 Å². The fourth-order valence-electron chi connectivity index (χ4n) is 3.79. The van der Waals surface area contributed by atoms with Gasteiger partial charge in [-0.05, 0) is 53.6 Å². The van der Waals surface area contributed by atoms with E-state index in [0.717, 1.165) is 6.42 Å². The number of phenols is 1. The normalized spacial score (nSPS) is 11.5. The van der Waals surface area contributed by atoms with Gasteiger partial charge in [0.05, 0.1) is 7.02 Å². The van der Waals surface area contributed by atoms with Gasteiger partial charge in [0, 0.05) is 0 Å². The van der Waals surface area contributed by atoms with Crippen LogP contribution in [-0.2, 0) is 12.8 Å². The average molecular weight is 509 g/mol. The molecule has 0 aliphatic heterocycles. The quantitative estimate of drug-likeness (QED) is 0.121. The molecule has 1 N–H and O–H groups in total. The van der Waals surface area contributed by atoms with E-state index in [2.05, 4.69) is 59.1 Å². The first-order chi connectivity index (χ1) is 13.7. The molecule has 0 saturated carbocycles. The molecule has 2 aromatic carbocycles. The van der Waals surface area contributed by atoms with Crippen LogP contribution in [0.5, 0.6) is 5.75 Å². The smallest absolute Gasteiger partial charge is 0.115 e. The van der Waals surface area contributed by atoms with E-state index in [-0.39, 0.29) is 7.02 Å². The highest BCUT2D eigenvalue weighted by molar-refractivity contribution is 14.1. The van der Waals surface area contributed by atoms with Crippen LogP contribution >= 0.6 is 21.8 Å². The van der Waals surface area contributed by atoms with Crippen molar-refractivity contribution in [2.24, 2.45) is 0 Å². The summed E-state index contributed by atoms with van der Waals surface area (Å²) >= 11 is 2.57. The third kappa shape index (κ3) is 8.69. The lowest BCUT2D eigenvalue weighted by Crippen LogP contribution is -1.92. The zero-order valence-electron chi connectivity index (χ0n) is 17.6. The lowest BCUT2D eigenvalue weighted by Gasteiger charge is -2.11. The highest BCUT2D eigenvalue weighted by Gasteiger charge is 2.07. The molecule has 2 rings (SSSR count). The number of aromatic hydroxyl groups is 1. The van der Waals surface area contributed by atoms with Gasteiger partial charge in [-0.3, -0.25) is 0 Å². The molecule has 2 aromatic rings. The molecule has 0 amide bonds. The van der Waals surface area contributed by atoms with Gasteiger partial charge >= 0.3 is 0 Å². The number of aryl methyl sites for hydroxylation is 2. The third-order valence-electron chi connectivity index (χ3n) is 5.50. The minimum absolute atomic E-state index is 0.0971. The van der Waals surface area contributed by atoms with Crippen molar-refractivity contribution in [2.75, 3.05) is 0 Å². The summed E-state index contributed by atoms with van der Waals surface area (Å²) in [5.74, 6) is 0.386. The molecule has 1 nitrogen and oxygen atoms in total. The summed E-state index contributed by atoms with van der Waals surface area (Å²) in [5, 5.41) is 9.89. The third-order valence-corrected chi connectivity index (χ3v) is 8.56. The molecular formula is C25H37IOSi. The fourth-order valence-corrected chi connectivity index (χ4v) is 5.85. The van der Waals surface area contributed by atoms with Gasteiger partial charge in [-0.1, -0.05) is 94.7 Å². The van der Waals surface area contributed by atoms with Crippen molar-refractivity contribution >= 4 is 28.8 Å². The van der Waals surface area contributed by atoms with Crippen LogP contribution in [0.4, 0.5) is 0 Å². The van der Waals surface area contributed by atoms with Crippen LogP contribution in [0.2, 0.25) is 6.04 Å². The predicted molar refractivity (Wildman–Crippen MR) is 136 cm³/mol. The summed E-state index contributed by atoms with van der Waals surface area (Å²) in [6.45, 7) is 2.28. The molecule has 28 heavy (non-hydrogen) atoms. The van der Waals surface area contributed by atoms with Crippen LogP contribution in [0.25, 0.3) is 11.1 Å². The number of benzene rings is 2. The maximum Gasteiger partial charge on any atom is 0.115 e. The lowest BCUT2D eigenvalue weighted by atomic mass is 9.95. The molecule has 0 aliphatic carbocycles. The van der Waals surface area contributed by atoms with E-state index in [9.17, 15) is 5.11 Å². The number of rotatable bonds is 14. The van der Waals surface area contributed by atoms with Crippen LogP contribution in [0.15, 0.2) is 42.5 Å². The molecule has 0 saturated heterocycles. The second kappa shape index (κ2) is 14.2. The maximum absolute atomic E-state index is 9.89. The Bertz CT molecular complexity index is 669. The van der Waals surface area contributed by atoms with Crippen LogP contribution in [0.1, 0.15) is 75.8 Å². The Balaban J connectivity index is 1.83. The van der Waals surface area contributed by atoms with E-state index >= 15 is 0 Å². The van der Waals surface area contributed by atoms with Gasteiger partial charge < -0.3 is 5.11 Å². The fraction of sp³-hybridized carbons (Fsp3) is 0.520. The molecule has 154 valence electrons. The van der Waals surface area contributed by atoms with Gasteiger partial charge in [-0.15, -0.1) is 21.8 Å². The summed E-state index contributed by atoms with van der Waals surface area (Å²) in [7, 11) is 0.0971. The van der Waals surface area contributed by atoms with Crippen molar-refractivity contribution in [2.45, 2.75) is 83.6 Å². The lowest BCUT2D eigenvalue weighted by molar-refractivity contribution is 0.474. The number of phenolic OH excluding ortho intramolecular Hbond substituents is 1. The minimum Gasteiger partial charge on any atom is -0.508 e. The first-order valence-corrected chi connectivity index (χ1v) is 17.3. The Morgan fingerprint density at radius 1 is 0.786 bits per heavy atom. The Morgan fingerprint density at radius 3 is 2.14 bits per heavy atom. The Hall–Kier alpha value is -0.813. The summed E-state index contributed by atoms with van der Waals surface area (Å²) < 4.78 is 0. The van der Waals surface area contributed by atoms with Crippen LogP contribution in [-0.4, -0.2) is 12.1 Å². The van der Waals surface area contributed by atoms with Gasteiger partial charge in [-0.2, -0.15) is 0 Å². The largest absolute Gasteiger partial charge is 0.508 e. The zero-order valence-corrected chi connectivity index (χ0v) is 21.1. The zero-order chi connectivity index (χ0) is 20.0. The molecule has 0 bridgehead atoms. The maximum atomic E-state index is 9.89. The standard InChI is InChI=1S/C25H37IOSi/c1-2-3-4-5-6-7-8-9-11-21-13-15-22(16-14-21)25-18-17-24(27)20-23(25)12-10-19-28-26/h13-18,20,27H,2-12,19,28H2,1H3. The predicted octanol–water partition coefficient (Wildman–Crippen LogP) is 7.61. The van der Waals surface area contributed by atoms with Crippen LogP contribution in [0, 0.1) is 0 Å². The molecule has 0 heterocycles. The molecule has 0 radical (unpaired) electrons. The van der Waals surface area contributed by atoms with E-state index < -0.39 is 0 Å². The molecule has 0 fully saturated rings. The monoisotopic (exact) mass is 508 g/mol. The van der Waals surface area contributed by atoms with Crippen molar-refractivity contribution in [3.8, 4) is 16.9 Å². The molecule has 0 atom stereocenters. The second-order valence-corrected chi connectivity index (χ2v) is 12.2. The summed E-state index contributed by atoms with van der Waals surface area (Å²) in [6, 6.07) is 16.4. The number of halogens is 1. The number of hydrogen-bond donors (Lipinski definition) is 1. The summed E-state index contributed by atoms with van der Waals surface area (Å²) in [5.41, 5.74) is 5.30. The van der Waals surface area contributed by atoms with E-state index in [4.69, 9.17) is 0 Å². The second-order valence-electron chi connectivity index (χ2n) is 7.91. The van der Waals surface area contributed by atoms with Crippen molar-refractivity contribution in [1.29, 1.82) is 0 Å². The highest BCUT2D eigenvalue weighted by Crippen LogP contribution is 2.29. The Kier molecular flexibility index (Phi) is 11.9. The Labute approximate surface area is 187 Å². The van der Waals surface area contributed by atoms with Crippen molar-refractivity contribution < 1.29 is 5.11 Å². The van der Waals surface area contributed by atoms with E-state index in [1.165, 1.54) is 92.5 Å². The molecule has 3 heteroatoms. The molecule has 0 aromatic heterocycles. The molecular weight excluding hydrogens is 471 g/mol. The number of unbranched alkanes of at least 4 members (excludes halogenated alkanes) is 7. The summed E-state index contributed by atoms with van der Waals surface area (Å²) in [4.78, 5) is 0. The Morgan fingerprint density at radius 2 is 1.46 bits per heavy atom. The number of hydrogen-bond acceptors (Lipinski definition) is 1. The first kappa shape index (κ1) is 23.5.